The number of benzene rings is 2. The molecule has 3 heterocycles. The monoisotopic (exact) mass is 525 g/mol. The van der Waals surface area contributed by atoms with Crippen molar-refractivity contribution in [2.24, 2.45) is 4.99 Å². The number of ether oxygens (including phenoxy) is 1. The fraction of sp³-hybridized carbons (Fsp3) is 0.207. The Bertz CT molecular complexity index is 1800. The Kier molecular flexibility index (Phi) is 7.09. The van der Waals surface area contributed by atoms with Gasteiger partial charge in [-0.15, -0.1) is 5.10 Å². The van der Waals surface area contributed by atoms with Crippen LogP contribution in [0, 0.1) is 20.8 Å². The first-order valence-electron chi connectivity index (χ1n) is 12.4. The van der Waals surface area contributed by atoms with E-state index in [1.165, 1.54) is 12.1 Å². The van der Waals surface area contributed by atoms with Crippen LogP contribution in [0.1, 0.15) is 28.1 Å². The Morgan fingerprint density at radius 2 is 1.85 bits per heavy atom. The number of aryl methyl sites for hydroxylation is 2. The third kappa shape index (κ3) is 5.80. The number of hydrogen-bond acceptors (Lipinski definition) is 8. The molecular formula is C29H27N5O5. The van der Waals surface area contributed by atoms with Gasteiger partial charge in [0.05, 0.1) is 24.1 Å². The number of aromatic hydroxyl groups is 1. The van der Waals surface area contributed by atoms with Crippen LogP contribution in [0.25, 0.3) is 16.7 Å². The molecule has 0 saturated heterocycles. The number of nitrogens with zero attached hydrogens (tertiary/aromatic N) is 5. The Balaban J connectivity index is 1.27. The minimum Gasteiger partial charge on any atom is -0.503 e. The van der Waals surface area contributed by atoms with E-state index in [1.54, 1.807) is 40.7 Å². The van der Waals surface area contributed by atoms with E-state index >= 15 is 0 Å². The lowest BCUT2D eigenvalue weighted by Gasteiger charge is -2.09. The molecule has 198 valence electrons. The van der Waals surface area contributed by atoms with E-state index in [9.17, 15) is 14.7 Å². The predicted molar refractivity (Wildman–Crippen MR) is 147 cm³/mol. The summed E-state index contributed by atoms with van der Waals surface area (Å²) in [7, 11) is 0. The lowest BCUT2D eigenvalue weighted by molar-refractivity contribution is 0.301. The van der Waals surface area contributed by atoms with Gasteiger partial charge in [-0.05, 0) is 56.2 Å². The van der Waals surface area contributed by atoms with Crippen LogP contribution in [0.5, 0.6) is 11.5 Å². The summed E-state index contributed by atoms with van der Waals surface area (Å²) in [5.74, 6) is 0.256. The summed E-state index contributed by atoms with van der Waals surface area (Å²) >= 11 is 0. The maximum atomic E-state index is 12.2. The molecule has 0 aliphatic heterocycles. The smallest absolute Gasteiger partial charge is 0.336 e. The number of hydrogen-bond donors (Lipinski definition) is 1. The van der Waals surface area contributed by atoms with Crippen LogP contribution in [0.2, 0.25) is 0 Å². The van der Waals surface area contributed by atoms with E-state index in [2.05, 4.69) is 21.4 Å². The van der Waals surface area contributed by atoms with Gasteiger partial charge in [-0.25, -0.2) is 9.48 Å². The molecule has 3 aromatic heterocycles. The third-order valence-corrected chi connectivity index (χ3v) is 6.26. The normalized spacial score (nSPS) is 11.5. The van der Waals surface area contributed by atoms with Crippen molar-refractivity contribution in [3.63, 3.8) is 0 Å². The Morgan fingerprint density at radius 3 is 2.64 bits per heavy atom. The van der Waals surface area contributed by atoms with Crippen LogP contribution in [0.4, 0.5) is 0 Å². The number of rotatable bonds is 8. The highest BCUT2D eigenvalue weighted by Crippen LogP contribution is 2.23. The highest BCUT2D eigenvalue weighted by Gasteiger charge is 2.09. The molecule has 0 radical (unpaired) electrons. The molecule has 10 heteroatoms. The standard InChI is InChI=1S/C29H27N5O5/c1-18-10-19(2)12-23(11-18)34-16-22(31-32-34)17-38-24-4-5-25-21(13-28(36)39-27(25)14-24)15-30-7-9-33-8-6-26(35)29(37)20(33)3/h4-6,8,10-16,37H,7,9,17H2,1-3H3. The maximum absolute atomic E-state index is 12.2. The van der Waals surface area contributed by atoms with Gasteiger partial charge >= 0.3 is 5.63 Å². The fourth-order valence-corrected chi connectivity index (χ4v) is 4.33. The lowest BCUT2D eigenvalue weighted by Crippen LogP contribution is -2.11. The molecule has 5 rings (SSSR count). The fourth-order valence-electron chi connectivity index (χ4n) is 4.33. The summed E-state index contributed by atoms with van der Waals surface area (Å²) in [5.41, 5.74) is 4.42. The second kappa shape index (κ2) is 10.8. The van der Waals surface area contributed by atoms with Crippen molar-refractivity contribution in [2.45, 2.75) is 33.9 Å². The van der Waals surface area contributed by atoms with Crippen molar-refractivity contribution in [1.29, 1.82) is 0 Å². The van der Waals surface area contributed by atoms with Gasteiger partial charge in [0.15, 0.2) is 5.75 Å². The van der Waals surface area contributed by atoms with Gasteiger partial charge in [-0.2, -0.15) is 0 Å². The lowest BCUT2D eigenvalue weighted by atomic mass is 10.1. The molecule has 1 N–H and O–H groups in total. The molecule has 0 amide bonds. The first kappa shape index (κ1) is 25.7. The van der Waals surface area contributed by atoms with Crippen molar-refractivity contribution in [3.8, 4) is 17.2 Å². The molecule has 0 aliphatic rings. The largest absolute Gasteiger partial charge is 0.503 e. The van der Waals surface area contributed by atoms with E-state index < -0.39 is 11.1 Å². The summed E-state index contributed by atoms with van der Waals surface area (Å²) in [6.07, 6.45) is 5.05. The van der Waals surface area contributed by atoms with Gasteiger partial charge < -0.3 is 18.8 Å². The second-order valence-electron chi connectivity index (χ2n) is 9.31. The topological polar surface area (TPSA) is 125 Å². The van der Waals surface area contributed by atoms with E-state index in [0.717, 1.165) is 16.8 Å². The zero-order chi connectivity index (χ0) is 27.5. The van der Waals surface area contributed by atoms with Crippen molar-refractivity contribution >= 4 is 17.2 Å². The molecule has 2 aromatic carbocycles. The van der Waals surface area contributed by atoms with Gasteiger partial charge in [-0.3, -0.25) is 9.79 Å². The van der Waals surface area contributed by atoms with Gasteiger partial charge in [0, 0.05) is 48.1 Å². The van der Waals surface area contributed by atoms with Crippen molar-refractivity contribution in [1.82, 2.24) is 19.6 Å². The average Bonchev–Trinajstić information content (AvgIpc) is 3.38. The SMILES string of the molecule is Cc1cc(C)cc(-n2cc(COc3ccc4c(C=NCCn5ccc(=O)c(O)c5C)cc(=O)oc4c3)nn2)c1. The molecule has 10 nitrogen and oxygen atoms in total. The minimum absolute atomic E-state index is 0.196. The first-order chi connectivity index (χ1) is 18.8. The van der Waals surface area contributed by atoms with Crippen LogP contribution < -0.4 is 15.8 Å². The molecule has 0 atom stereocenters. The van der Waals surface area contributed by atoms with Crippen LogP contribution in [0.3, 0.4) is 0 Å². The van der Waals surface area contributed by atoms with Crippen LogP contribution in [0.15, 0.2) is 79.9 Å². The second-order valence-corrected chi connectivity index (χ2v) is 9.31. The van der Waals surface area contributed by atoms with Gasteiger partial charge in [0.25, 0.3) is 0 Å². The van der Waals surface area contributed by atoms with Crippen LogP contribution in [-0.2, 0) is 13.2 Å². The Labute approximate surface area is 223 Å². The predicted octanol–water partition coefficient (Wildman–Crippen LogP) is 3.86. The van der Waals surface area contributed by atoms with Crippen molar-refractivity contribution in [3.05, 3.63) is 110 Å². The van der Waals surface area contributed by atoms with Crippen molar-refractivity contribution in [2.75, 3.05) is 6.54 Å². The molecule has 0 fully saturated rings. The highest BCUT2D eigenvalue weighted by molar-refractivity contribution is 5.97. The molecule has 0 bridgehead atoms. The van der Waals surface area contributed by atoms with Gasteiger partial charge in [-0.1, -0.05) is 11.3 Å². The summed E-state index contributed by atoms with van der Waals surface area (Å²) in [6, 6.07) is 14.1. The van der Waals surface area contributed by atoms with E-state index in [1.807, 2.05) is 38.2 Å². The first-order valence-corrected chi connectivity index (χ1v) is 12.4. The van der Waals surface area contributed by atoms with Crippen LogP contribution in [-0.4, -0.2) is 37.4 Å². The number of pyridine rings is 1. The molecule has 39 heavy (non-hydrogen) atoms. The molecular weight excluding hydrogens is 498 g/mol. The Morgan fingerprint density at radius 1 is 1.05 bits per heavy atom. The number of fused-ring (bicyclic) bond motifs is 1. The third-order valence-electron chi connectivity index (χ3n) is 6.26. The summed E-state index contributed by atoms with van der Waals surface area (Å²) < 4.78 is 14.8. The summed E-state index contributed by atoms with van der Waals surface area (Å²) in [6.45, 7) is 6.78. The number of aliphatic imine (C=N–C) groups is 1. The van der Waals surface area contributed by atoms with E-state index in [-0.39, 0.29) is 12.4 Å². The van der Waals surface area contributed by atoms with E-state index in [0.29, 0.717) is 46.8 Å². The maximum Gasteiger partial charge on any atom is 0.336 e. The van der Waals surface area contributed by atoms with E-state index in [4.69, 9.17) is 9.15 Å². The molecule has 5 aromatic rings. The zero-order valence-electron chi connectivity index (χ0n) is 21.8. The summed E-state index contributed by atoms with van der Waals surface area (Å²) in [4.78, 5) is 28.1. The highest BCUT2D eigenvalue weighted by atomic mass is 16.5. The van der Waals surface area contributed by atoms with Crippen molar-refractivity contribution < 1.29 is 14.3 Å². The zero-order valence-corrected chi connectivity index (χ0v) is 21.8. The van der Waals surface area contributed by atoms with Gasteiger partial charge in [0.1, 0.15) is 23.6 Å². The molecule has 0 aliphatic carbocycles. The van der Waals surface area contributed by atoms with Gasteiger partial charge in [0.2, 0.25) is 5.43 Å². The average molecular weight is 526 g/mol. The quantitative estimate of drug-likeness (QED) is 0.241. The minimum atomic E-state index is -0.501. The summed E-state index contributed by atoms with van der Waals surface area (Å²) in [5, 5.41) is 18.9. The van der Waals surface area contributed by atoms with Crippen LogP contribution >= 0.6 is 0 Å². The Hall–Kier alpha value is -4.99. The molecule has 0 saturated carbocycles. The molecule has 0 spiro atoms. The number of aromatic nitrogens is 4. The molecule has 0 unspecified atom stereocenters.